The van der Waals surface area contributed by atoms with E-state index >= 15 is 0 Å². The van der Waals surface area contributed by atoms with Crippen molar-refractivity contribution in [2.45, 2.75) is 78.2 Å². The van der Waals surface area contributed by atoms with Crippen molar-refractivity contribution >= 4 is 16.9 Å². The summed E-state index contributed by atoms with van der Waals surface area (Å²) >= 11 is 0. The molecule has 1 N–H and O–H groups in total. The molecule has 1 aromatic heterocycles. The average molecular weight is 476 g/mol. The lowest BCUT2D eigenvalue weighted by Gasteiger charge is -2.12. The largest absolute Gasteiger partial charge is 0.494 e. The first-order chi connectivity index (χ1) is 17.1. The van der Waals surface area contributed by atoms with Crippen LogP contribution in [0.25, 0.3) is 11.0 Å². The van der Waals surface area contributed by atoms with Gasteiger partial charge >= 0.3 is 0 Å². The maximum absolute atomic E-state index is 11.5. The van der Waals surface area contributed by atoms with Crippen LogP contribution in [0.15, 0.2) is 60.7 Å². The predicted molar refractivity (Wildman–Crippen MR) is 145 cm³/mol. The fourth-order valence-corrected chi connectivity index (χ4v) is 4.26. The van der Waals surface area contributed by atoms with Crippen molar-refractivity contribution in [3.63, 3.8) is 0 Å². The van der Waals surface area contributed by atoms with Gasteiger partial charge in [-0.1, -0.05) is 50.6 Å². The van der Waals surface area contributed by atoms with Crippen LogP contribution >= 0.6 is 0 Å². The zero-order valence-corrected chi connectivity index (χ0v) is 21.6. The Hall–Kier alpha value is -3.08. The first-order valence-corrected chi connectivity index (χ1v) is 13.2. The van der Waals surface area contributed by atoms with Crippen molar-refractivity contribution in [2.24, 2.45) is 0 Å². The van der Waals surface area contributed by atoms with Gasteiger partial charge in [-0.15, -0.1) is 0 Å². The van der Waals surface area contributed by atoms with Crippen LogP contribution in [0.1, 0.15) is 76.6 Å². The highest BCUT2D eigenvalue weighted by molar-refractivity contribution is 5.87. The monoisotopic (exact) mass is 475 g/mol. The summed E-state index contributed by atoms with van der Waals surface area (Å²) in [5.41, 5.74) is 3.65. The first kappa shape index (κ1) is 26.5. The molecule has 1 atom stereocenters. The number of carbonyl (C=O) groups is 1. The van der Waals surface area contributed by atoms with E-state index in [2.05, 4.69) is 72.3 Å². The fraction of sp³-hybridized carbons (Fsp3) is 0.467. The van der Waals surface area contributed by atoms with E-state index in [9.17, 15) is 4.79 Å². The molecule has 0 spiro atoms. The number of ether oxygens (including phenoxy) is 1. The van der Waals surface area contributed by atoms with Crippen molar-refractivity contribution < 1.29 is 9.53 Å². The third-order valence-corrected chi connectivity index (χ3v) is 6.53. The van der Waals surface area contributed by atoms with Gasteiger partial charge in [0.15, 0.2) is 0 Å². The lowest BCUT2D eigenvalue weighted by molar-refractivity contribution is -0.116. The van der Waals surface area contributed by atoms with Crippen LogP contribution in [0.5, 0.6) is 5.75 Å². The zero-order chi connectivity index (χ0) is 24.9. The van der Waals surface area contributed by atoms with Crippen LogP contribution in [0.4, 0.5) is 0 Å². The number of allylic oxidation sites excluding steroid dienone is 1. The minimum absolute atomic E-state index is 0.0126. The highest BCUT2D eigenvalue weighted by Gasteiger charge is 2.10. The number of nitrogens with zero attached hydrogens (tertiary/aromatic N) is 2. The van der Waals surface area contributed by atoms with E-state index in [-0.39, 0.29) is 5.91 Å². The molecule has 1 amide bonds. The summed E-state index contributed by atoms with van der Waals surface area (Å²) in [7, 11) is 0. The van der Waals surface area contributed by atoms with E-state index in [0.717, 1.165) is 81.7 Å². The van der Waals surface area contributed by atoms with Gasteiger partial charge in [-0.05, 0) is 80.9 Å². The highest BCUT2D eigenvalue weighted by atomic mass is 16.5. The van der Waals surface area contributed by atoms with Crippen molar-refractivity contribution in [2.75, 3.05) is 13.2 Å². The molecule has 0 bridgehead atoms. The fourth-order valence-electron chi connectivity index (χ4n) is 4.26. The van der Waals surface area contributed by atoms with Gasteiger partial charge in [0.2, 0.25) is 5.91 Å². The Bertz CT molecular complexity index is 1070. The molecule has 35 heavy (non-hydrogen) atoms. The van der Waals surface area contributed by atoms with E-state index in [1.165, 1.54) is 11.1 Å². The molecule has 5 heteroatoms. The predicted octanol–water partition coefficient (Wildman–Crippen LogP) is 6.81. The number of imidazole rings is 1. The molecule has 5 nitrogen and oxygen atoms in total. The van der Waals surface area contributed by atoms with Crippen LogP contribution in [0.3, 0.4) is 0 Å². The van der Waals surface area contributed by atoms with Crippen LogP contribution in [0, 0.1) is 0 Å². The molecule has 0 aliphatic rings. The van der Waals surface area contributed by atoms with E-state index < -0.39 is 0 Å². The number of aryl methyl sites for hydroxylation is 2. The third kappa shape index (κ3) is 8.27. The molecule has 3 aromatic rings. The molecular formula is C30H41N3O2. The van der Waals surface area contributed by atoms with Gasteiger partial charge in [-0.25, -0.2) is 4.98 Å². The Balaban J connectivity index is 1.44. The number of benzene rings is 2. The number of amides is 1. The van der Waals surface area contributed by atoms with Crippen molar-refractivity contribution in [3.05, 3.63) is 72.1 Å². The minimum Gasteiger partial charge on any atom is -0.494 e. The van der Waals surface area contributed by atoms with Crippen molar-refractivity contribution in [1.29, 1.82) is 0 Å². The van der Waals surface area contributed by atoms with Crippen LogP contribution in [-0.2, 0) is 17.8 Å². The zero-order valence-electron chi connectivity index (χ0n) is 21.6. The maximum atomic E-state index is 11.5. The van der Waals surface area contributed by atoms with E-state index in [1.807, 2.05) is 6.92 Å². The molecule has 0 fully saturated rings. The Morgan fingerprint density at radius 3 is 2.63 bits per heavy atom. The SMILES string of the molecule is C/C=C/C(=O)NCCCCCc1nc2ccccc2n1CCCCOc1ccc(C(C)CC)cc1. The smallest absolute Gasteiger partial charge is 0.243 e. The van der Waals surface area contributed by atoms with Crippen LogP contribution in [-0.4, -0.2) is 28.6 Å². The summed E-state index contributed by atoms with van der Waals surface area (Å²) in [5, 5.41) is 2.92. The molecule has 1 unspecified atom stereocenters. The Morgan fingerprint density at radius 1 is 1.06 bits per heavy atom. The number of carbonyl (C=O) groups excluding carboxylic acids is 1. The second-order valence-electron chi connectivity index (χ2n) is 9.20. The Kier molecular flexibility index (Phi) is 10.9. The van der Waals surface area contributed by atoms with Crippen LogP contribution in [0.2, 0.25) is 0 Å². The lowest BCUT2D eigenvalue weighted by Crippen LogP contribution is -2.21. The number of nitrogens with one attached hydrogen (secondary N) is 1. The number of hydrogen-bond acceptors (Lipinski definition) is 3. The molecule has 1 heterocycles. The molecule has 0 saturated heterocycles. The van der Waals surface area contributed by atoms with Gasteiger partial charge < -0.3 is 14.6 Å². The van der Waals surface area contributed by atoms with E-state index in [0.29, 0.717) is 5.92 Å². The molecular weight excluding hydrogens is 434 g/mol. The number of rotatable bonds is 15. The molecule has 2 aromatic carbocycles. The summed E-state index contributed by atoms with van der Waals surface area (Å²) < 4.78 is 8.37. The number of fused-ring (bicyclic) bond motifs is 1. The highest BCUT2D eigenvalue weighted by Crippen LogP contribution is 2.22. The molecule has 3 rings (SSSR count). The molecule has 0 aliphatic heterocycles. The second kappa shape index (κ2) is 14.3. The normalized spacial score (nSPS) is 12.3. The Morgan fingerprint density at radius 2 is 1.86 bits per heavy atom. The van der Waals surface area contributed by atoms with E-state index in [4.69, 9.17) is 9.72 Å². The molecule has 0 radical (unpaired) electrons. The summed E-state index contributed by atoms with van der Waals surface area (Å²) in [5.74, 6) is 2.69. The number of hydrogen-bond donors (Lipinski definition) is 1. The maximum Gasteiger partial charge on any atom is 0.243 e. The Labute approximate surface area is 210 Å². The molecule has 0 saturated carbocycles. The van der Waals surface area contributed by atoms with Crippen molar-refractivity contribution in [3.8, 4) is 5.75 Å². The molecule has 188 valence electrons. The van der Waals surface area contributed by atoms with Crippen LogP contribution < -0.4 is 10.1 Å². The van der Waals surface area contributed by atoms with Gasteiger partial charge in [0.25, 0.3) is 0 Å². The topological polar surface area (TPSA) is 56.2 Å². The quantitative estimate of drug-likeness (QED) is 0.194. The first-order valence-electron chi connectivity index (χ1n) is 13.2. The summed E-state index contributed by atoms with van der Waals surface area (Å²) in [6.07, 6.45) is 10.6. The van der Waals surface area contributed by atoms with Gasteiger partial charge in [-0.2, -0.15) is 0 Å². The standard InChI is InChI=1S/C30H41N3O2/c1-4-13-30(34)31-21-10-6-7-16-29-32-27-14-8-9-15-28(27)33(29)22-11-12-23-35-26-19-17-25(18-20-26)24(3)5-2/h4,8-9,13-15,17-20,24H,5-7,10-12,16,21-23H2,1-3H3,(H,31,34)/b13-4+. The van der Waals surface area contributed by atoms with E-state index in [1.54, 1.807) is 12.2 Å². The number of aromatic nitrogens is 2. The minimum atomic E-state index is -0.0126. The van der Waals surface area contributed by atoms with Gasteiger partial charge in [0, 0.05) is 19.5 Å². The number of unbranched alkanes of at least 4 members (excludes halogenated alkanes) is 3. The lowest BCUT2D eigenvalue weighted by atomic mass is 9.99. The summed E-state index contributed by atoms with van der Waals surface area (Å²) in [4.78, 5) is 16.4. The number of para-hydroxylation sites is 2. The van der Waals surface area contributed by atoms with Crippen molar-refractivity contribution in [1.82, 2.24) is 14.9 Å². The summed E-state index contributed by atoms with van der Waals surface area (Å²) in [6.45, 7) is 8.73. The average Bonchev–Trinajstić information content (AvgIpc) is 3.23. The molecule has 0 aliphatic carbocycles. The summed E-state index contributed by atoms with van der Waals surface area (Å²) in [6, 6.07) is 17.0. The van der Waals surface area contributed by atoms with Gasteiger partial charge in [-0.3, -0.25) is 4.79 Å². The van der Waals surface area contributed by atoms with Gasteiger partial charge in [0.05, 0.1) is 17.6 Å². The van der Waals surface area contributed by atoms with Gasteiger partial charge in [0.1, 0.15) is 11.6 Å². The second-order valence-corrected chi connectivity index (χ2v) is 9.20. The third-order valence-electron chi connectivity index (χ3n) is 6.53.